The van der Waals surface area contributed by atoms with Gasteiger partial charge < -0.3 is 5.32 Å². The third-order valence-electron chi connectivity index (χ3n) is 3.37. The zero-order chi connectivity index (χ0) is 17.7. The Morgan fingerprint density at radius 3 is 2.42 bits per heavy atom. The van der Waals surface area contributed by atoms with Crippen molar-refractivity contribution >= 4 is 27.5 Å². The Labute approximate surface area is 144 Å². The SMILES string of the molecule is NS(=O)(=O)c1ccc(CCCNC(=O)c2c(F)cccc2Cl)cc1. The number of nitrogens with two attached hydrogens (primary N) is 1. The lowest BCUT2D eigenvalue weighted by molar-refractivity contribution is 0.0949. The second-order valence-corrected chi connectivity index (χ2v) is 7.11. The number of nitrogens with one attached hydrogen (secondary N) is 1. The summed E-state index contributed by atoms with van der Waals surface area (Å²) in [6.45, 7) is 0.334. The smallest absolute Gasteiger partial charge is 0.255 e. The molecule has 2 aromatic carbocycles. The van der Waals surface area contributed by atoms with E-state index in [0.717, 1.165) is 5.56 Å². The minimum atomic E-state index is -3.70. The van der Waals surface area contributed by atoms with E-state index < -0.39 is 21.7 Å². The number of hydrogen-bond donors (Lipinski definition) is 2. The number of aryl methyl sites for hydroxylation is 1. The molecule has 0 aliphatic carbocycles. The standard InChI is InChI=1S/C16H16ClFN2O3S/c17-13-4-1-5-14(18)15(13)16(21)20-10-2-3-11-6-8-12(9-7-11)24(19,22)23/h1,4-9H,2-3,10H2,(H,20,21)(H2,19,22,23). The predicted molar refractivity (Wildman–Crippen MR) is 89.9 cm³/mol. The summed E-state index contributed by atoms with van der Waals surface area (Å²) in [5.41, 5.74) is 0.734. The van der Waals surface area contributed by atoms with Crippen LogP contribution in [0.15, 0.2) is 47.4 Å². The van der Waals surface area contributed by atoms with Crippen molar-refractivity contribution in [2.75, 3.05) is 6.54 Å². The van der Waals surface area contributed by atoms with Crippen LogP contribution in [0.3, 0.4) is 0 Å². The van der Waals surface area contributed by atoms with Gasteiger partial charge in [0.05, 0.1) is 15.5 Å². The molecule has 0 aliphatic heterocycles. The van der Waals surface area contributed by atoms with Gasteiger partial charge in [-0.1, -0.05) is 29.8 Å². The van der Waals surface area contributed by atoms with Gasteiger partial charge in [0.15, 0.2) is 0 Å². The van der Waals surface area contributed by atoms with Gasteiger partial charge in [0, 0.05) is 6.54 Å². The normalized spacial score (nSPS) is 11.3. The van der Waals surface area contributed by atoms with Crippen LogP contribution in [-0.2, 0) is 16.4 Å². The van der Waals surface area contributed by atoms with Crippen molar-refractivity contribution in [2.24, 2.45) is 5.14 Å². The van der Waals surface area contributed by atoms with E-state index in [0.29, 0.717) is 19.4 Å². The lowest BCUT2D eigenvalue weighted by Gasteiger charge is -2.08. The number of hydrogen-bond acceptors (Lipinski definition) is 3. The highest BCUT2D eigenvalue weighted by molar-refractivity contribution is 7.89. The van der Waals surface area contributed by atoms with Crippen LogP contribution >= 0.6 is 11.6 Å². The molecule has 1 amide bonds. The summed E-state index contributed by atoms with van der Waals surface area (Å²) in [7, 11) is -3.70. The summed E-state index contributed by atoms with van der Waals surface area (Å²) in [5, 5.41) is 7.69. The number of carbonyl (C=O) groups excluding carboxylic acids is 1. The van der Waals surface area contributed by atoms with Gasteiger partial charge in [0.1, 0.15) is 5.82 Å². The van der Waals surface area contributed by atoms with Gasteiger partial charge in [-0.25, -0.2) is 17.9 Å². The molecule has 128 valence electrons. The van der Waals surface area contributed by atoms with Crippen molar-refractivity contribution in [2.45, 2.75) is 17.7 Å². The summed E-state index contributed by atoms with van der Waals surface area (Å²) in [5.74, 6) is -1.23. The molecule has 5 nitrogen and oxygen atoms in total. The third-order valence-corrected chi connectivity index (χ3v) is 4.61. The van der Waals surface area contributed by atoms with Gasteiger partial charge in [0.25, 0.3) is 5.91 Å². The maximum Gasteiger partial charge on any atom is 0.255 e. The first kappa shape index (κ1) is 18.4. The van der Waals surface area contributed by atoms with Crippen LogP contribution in [0.25, 0.3) is 0 Å². The largest absolute Gasteiger partial charge is 0.352 e. The Morgan fingerprint density at radius 1 is 1.17 bits per heavy atom. The van der Waals surface area contributed by atoms with Crippen molar-refractivity contribution < 1.29 is 17.6 Å². The van der Waals surface area contributed by atoms with Crippen LogP contribution in [0.2, 0.25) is 5.02 Å². The Kier molecular flexibility index (Phi) is 5.93. The molecule has 0 saturated heterocycles. The number of halogens is 2. The summed E-state index contributed by atoms with van der Waals surface area (Å²) < 4.78 is 35.9. The van der Waals surface area contributed by atoms with Crippen LogP contribution in [0.4, 0.5) is 4.39 Å². The molecule has 0 bridgehead atoms. The van der Waals surface area contributed by atoms with Gasteiger partial charge in [-0.05, 0) is 42.7 Å². The molecule has 3 N–H and O–H groups in total. The Hall–Kier alpha value is -1.96. The number of sulfonamides is 1. The van der Waals surface area contributed by atoms with Crippen LogP contribution in [-0.4, -0.2) is 20.9 Å². The van der Waals surface area contributed by atoms with Gasteiger partial charge in [-0.15, -0.1) is 0 Å². The third kappa shape index (κ3) is 4.77. The molecule has 0 aromatic heterocycles. The second kappa shape index (κ2) is 7.74. The summed E-state index contributed by atoms with van der Waals surface area (Å²) in [6.07, 6.45) is 1.22. The molecule has 2 rings (SSSR count). The van der Waals surface area contributed by atoms with Gasteiger partial charge in [0.2, 0.25) is 10.0 Å². The average Bonchev–Trinajstić information content (AvgIpc) is 2.51. The summed E-state index contributed by atoms with van der Waals surface area (Å²) in [4.78, 5) is 12.0. The fourth-order valence-corrected chi connectivity index (χ4v) is 2.91. The van der Waals surface area contributed by atoms with E-state index in [4.69, 9.17) is 16.7 Å². The van der Waals surface area contributed by atoms with Crippen molar-refractivity contribution in [3.63, 3.8) is 0 Å². The minimum absolute atomic E-state index is 0.0498. The van der Waals surface area contributed by atoms with E-state index in [1.54, 1.807) is 12.1 Å². The molecule has 8 heteroatoms. The first-order valence-electron chi connectivity index (χ1n) is 7.13. The zero-order valence-electron chi connectivity index (χ0n) is 12.6. The van der Waals surface area contributed by atoms with Crippen molar-refractivity contribution in [3.8, 4) is 0 Å². The van der Waals surface area contributed by atoms with E-state index in [1.807, 2.05) is 0 Å². The summed E-state index contributed by atoms with van der Waals surface area (Å²) in [6, 6.07) is 10.2. The molecule has 24 heavy (non-hydrogen) atoms. The quantitative estimate of drug-likeness (QED) is 0.765. The van der Waals surface area contributed by atoms with E-state index in [-0.39, 0.29) is 15.5 Å². The lowest BCUT2D eigenvalue weighted by Crippen LogP contribution is -2.26. The number of benzene rings is 2. The molecule has 0 atom stereocenters. The second-order valence-electron chi connectivity index (χ2n) is 5.15. The molecule has 0 unspecified atom stereocenters. The monoisotopic (exact) mass is 370 g/mol. The van der Waals surface area contributed by atoms with Crippen LogP contribution in [0, 0.1) is 5.82 Å². The maximum absolute atomic E-state index is 13.6. The molecular formula is C16H16ClFN2O3S. The van der Waals surface area contributed by atoms with Gasteiger partial charge in [-0.3, -0.25) is 4.79 Å². The highest BCUT2D eigenvalue weighted by Gasteiger charge is 2.14. The summed E-state index contributed by atoms with van der Waals surface area (Å²) >= 11 is 5.82. The highest BCUT2D eigenvalue weighted by Crippen LogP contribution is 2.18. The molecule has 0 aliphatic rings. The fraction of sp³-hybridized carbons (Fsp3) is 0.188. The van der Waals surface area contributed by atoms with Crippen molar-refractivity contribution in [3.05, 3.63) is 64.4 Å². The first-order chi connectivity index (χ1) is 11.3. The predicted octanol–water partition coefficient (Wildman–Crippen LogP) is 2.49. The number of carbonyl (C=O) groups is 1. The minimum Gasteiger partial charge on any atom is -0.352 e. The Balaban J connectivity index is 1.86. The molecule has 0 fully saturated rings. The highest BCUT2D eigenvalue weighted by atomic mass is 35.5. The van der Waals surface area contributed by atoms with E-state index in [1.165, 1.54) is 30.3 Å². The molecule has 0 radical (unpaired) electrons. The molecular weight excluding hydrogens is 355 g/mol. The molecule has 0 heterocycles. The van der Waals surface area contributed by atoms with E-state index >= 15 is 0 Å². The Morgan fingerprint density at radius 2 is 1.83 bits per heavy atom. The first-order valence-corrected chi connectivity index (χ1v) is 9.05. The van der Waals surface area contributed by atoms with Crippen LogP contribution in [0.1, 0.15) is 22.3 Å². The fourth-order valence-electron chi connectivity index (χ4n) is 2.14. The van der Waals surface area contributed by atoms with Crippen molar-refractivity contribution in [1.29, 1.82) is 0 Å². The number of primary sulfonamides is 1. The Bertz CT molecular complexity index is 819. The molecule has 0 saturated carbocycles. The maximum atomic E-state index is 13.6. The van der Waals surface area contributed by atoms with Gasteiger partial charge in [-0.2, -0.15) is 0 Å². The molecule has 0 spiro atoms. The number of amides is 1. The van der Waals surface area contributed by atoms with Gasteiger partial charge >= 0.3 is 0 Å². The van der Waals surface area contributed by atoms with Crippen molar-refractivity contribution in [1.82, 2.24) is 5.32 Å². The zero-order valence-corrected chi connectivity index (χ0v) is 14.2. The van der Waals surface area contributed by atoms with Crippen LogP contribution < -0.4 is 10.5 Å². The topological polar surface area (TPSA) is 89.3 Å². The average molecular weight is 371 g/mol. The van der Waals surface area contributed by atoms with Crippen LogP contribution in [0.5, 0.6) is 0 Å². The van der Waals surface area contributed by atoms with E-state index in [2.05, 4.69) is 5.32 Å². The molecule has 2 aromatic rings. The van der Waals surface area contributed by atoms with E-state index in [9.17, 15) is 17.6 Å². The number of rotatable bonds is 6. The lowest BCUT2D eigenvalue weighted by atomic mass is 10.1.